The number of fused-ring (bicyclic) bond motifs is 1. The van der Waals surface area contributed by atoms with Gasteiger partial charge in [-0.2, -0.15) is 0 Å². The third kappa shape index (κ3) is 7.58. The monoisotopic (exact) mass is 456 g/mol. The minimum Gasteiger partial charge on any atom is -0.506 e. The molecular formula is C25H32N2O4S. The highest BCUT2D eigenvalue weighted by Crippen LogP contribution is 2.27. The van der Waals surface area contributed by atoms with E-state index in [9.17, 15) is 14.7 Å². The molecule has 0 aliphatic heterocycles. The van der Waals surface area contributed by atoms with E-state index < -0.39 is 0 Å². The van der Waals surface area contributed by atoms with Crippen LogP contribution in [-0.2, 0) is 11.2 Å². The Morgan fingerprint density at radius 2 is 1.72 bits per heavy atom. The maximum absolute atomic E-state index is 12.5. The molecule has 0 aliphatic carbocycles. The molecule has 0 bridgehead atoms. The van der Waals surface area contributed by atoms with Gasteiger partial charge in [-0.3, -0.25) is 9.59 Å². The van der Waals surface area contributed by atoms with Crippen LogP contribution in [0.25, 0.3) is 10.2 Å². The van der Waals surface area contributed by atoms with Crippen LogP contribution in [0.3, 0.4) is 0 Å². The molecule has 172 valence electrons. The van der Waals surface area contributed by atoms with Crippen LogP contribution in [0, 0.1) is 0 Å². The third-order valence-electron chi connectivity index (χ3n) is 5.38. The molecule has 1 heterocycles. The van der Waals surface area contributed by atoms with Gasteiger partial charge in [-0.05, 0) is 56.3 Å². The lowest BCUT2D eigenvalue weighted by Crippen LogP contribution is -2.24. The van der Waals surface area contributed by atoms with Gasteiger partial charge in [-0.1, -0.05) is 54.5 Å². The third-order valence-corrected chi connectivity index (χ3v) is 6.30. The Bertz CT molecular complexity index is 1030. The number of phenols is 1. The van der Waals surface area contributed by atoms with Crippen molar-refractivity contribution in [3.05, 3.63) is 63.3 Å². The molecule has 0 fully saturated rings. The van der Waals surface area contributed by atoms with Crippen molar-refractivity contribution in [2.45, 2.75) is 44.9 Å². The minimum atomic E-state index is -0.278. The molecule has 3 rings (SSSR count). The molecule has 0 aliphatic rings. The van der Waals surface area contributed by atoms with Crippen LogP contribution in [-0.4, -0.2) is 42.2 Å². The lowest BCUT2D eigenvalue weighted by atomic mass is 10.1. The Labute approximate surface area is 192 Å². The number of hydrogen-bond donors (Lipinski definition) is 3. The first kappa shape index (κ1) is 24.2. The summed E-state index contributed by atoms with van der Waals surface area (Å²) in [6.07, 6.45) is 7.66. The quantitative estimate of drug-likeness (QED) is 0.228. The second-order valence-electron chi connectivity index (χ2n) is 7.92. The summed E-state index contributed by atoms with van der Waals surface area (Å²) in [4.78, 5) is 26.3. The number of phenolic OH excluding ortho intramolecular Hbond substituents is 1. The van der Waals surface area contributed by atoms with Crippen molar-refractivity contribution in [1.29, 1.82) is 0 Å². The predicted octanol–water partition coefficient (Wildman–Crippen LogP) is 4.67. The Morgan fingerprint density at radius 1 is 0.969 bits per heavy atom. The maximum atomic E-state index is 12.5. The molecule has 0 atom stereocenters. The highest BCUT2D eigenvalue weighted by molar-refractivity contribution is 7.16. The molecule has 1 aromatic heterocycles. The van der Waals surface area contributed by atoms with Crippen molar-refractivity contribution in [2.75, 3.05) is 26.3 Å². The summed E-state index contributed by atoms with van der Waals surface area (Å²) in [5, 5.41) is 13.0. The number of carbonyl (C=O) groups is 1. The first-order valence-electron chi connectivity index (χ1n) is 11.4. The second kappa shape index (κ2) is 13.2. The summed E-state index contributed by atoms with van der Waals surface area (Å²) < 4.78 is 6.24. The number of aromatic hydroxyl groups is 1. The van der Waals surface area contributed by atoms with E-state index in [0.717, 1.165) is 76.0 Å². The normalized spacial score (nSPS) is 11.2. The zero-order valence-corrected chi connectivity index (χ0v) is 19.2. The smallest absolute Gasteiger partial charge is 0.305 e. The topological polar surface area (TPSA) is 91.4 Å². The van der Waals surface area contributed by atoms with Crippen LogP contribution in [0.5, 0.6) is 5.75 Å². The van der Waals surface area contributed by atoms with Gasteiger partial charge in [0.05, 0.1) is 11.2 Å². The van der Waals surface area contributed by atoms with Crippen LogP contribution >= 0.6 is 11.3 Å². The number of Topliss-reactive ketones (excluding diaryl/α,β-unsaturated/α-hetero) is 1. The number of aromatic nitrogens is 1. The van der Waals surface area contributed by atoms with Gasteiger partial charge in [0.2, 0.25) is 0 Å². The zero-order valence-electron chi connectivity index (χ0n) is 18.4. The number of nitrogens with one attached hydrogen (secondary N) is 2. The Balaban J connectivity index is 1.18. The number of ketones is 1. The zero-order chi connectivity index (χ0) is 22.6. The first-order chi connectivity index (χ1) is 15.6. The fourth-order valence-electron chi connectivity index (χ4n) is 3.62. The van der Waals surface area contributed by atoms with E-state index >= 15 is 0 Å². The standard InChI is InChI=1S/C25H32N2O4S/c28-21-14-13-20(24-23(21)27-25(30)32-24)22(29)18-26-15-7-1-2-8-16-31-17-9-6-12-19-10-4-3-5-11-19/h3-5,10-11,13-14,26,28H,1-2,6-9,12,15-18H2,(H,27,30). The summed E-state index contributed by atoms with van der Waals surface area (Å²) in [6, 6.07) is 13.6. The highest BCUT2D eigenvalue weighted by Gasteiger charge is 2.15. The SMILES string of the molecule is O=C(CNCCCCCCOCCCCc1ccccc1)c1ccc(O)c2[nH]c(=O)sc12. The lowest BCUT2D eigenvalue weighted by Gasteiger charge is -2.07. The van der Waals surface area contributed by atoms with Crippen LogP contribution in [0.1, 0.15) is 54.4 Å². The summed E-state index contributed by atoms with van der Waals surface area (Å²) in [6.45, 7) is 2.64. The Morgan fingerprint density at radius 3 is 2.53 bits per heavy atom. The van der Waals surface area contributed by atoms with Gasteiger partial charge >= 0.3 is 4.87 Å². The molecule has 0 amide bonds. The van der Waals surface area contributed by atoms with E-state index in [1.165, 1.54) is 11.6 Å². The fraction of sp³-hybridized carbons (Fsp3) is 0.440. The van der Waals surface area contributed by atoms with Gasteiger partial charge in [0.1, 0.15) is 11.3 Å². The lowest BCUT2D eigenvalue weighted by molar-refractivity contribution is 0.0993. The number of unbranched alkanes of at least 4 members (excludes halogenated alkanes) is 4. The minimum absolute atomic E-state index is 0.0148. The van der Waals surface area contributed by atoms with Gasteiger partial charge in [0.15, 0.2) is 5.78 Å². The van der Waals surface area contributed by atoms with Crippen molar-refractivity contribution in [1.82, 2.24) is 10.3 Å². The van der Waals surface area contributed by atoms with E-state index in [1.807, 2.05) is 6.07 Å². The molecular weight excluding hydrogens is 424 g/mol. The van der Waals surface area contributed by atoms with E-state index in [4.69, 9.17) is 4.74 Å². The van der Waals surface area contributed by atoms with Crippen LogP contribution in [0.4, 0.5) is 0 Å². The summed E-state index contributed by atoms with van der Waals surface area (Å²) in [5.41, 5.74) is 2.19. The van der Waals surface area contributed by atoms with Crippen molar-refractivity contribution in [3.63, 3.8) is 0 Å². The summed E-state index contributed by atoms with van der Waals surface area (Å²) in [5.74, 6) is -0.0927. The number of hydrogen-bond acceptors (Lipinski definition) is 6. The molecule has 0 spiro atoms. The van der Waals surface area contributed by atoms with Crippen LogP contribution < -0.4 is 10.2 Å². The van der Waals surface area contributed by atoms with E-state index in [1.54, 1.807) is 6.07 Å². The highest BCUT2D eigenvalue weighted by atomic mass is 32.1. The number of H-pyrrole nitrogens is 1. The van der Waals surface area contributed by atoms with Gasteiger partial charge < -0.3 is 20.1 Å². The van der Waals surface area contributed by atoms with Crippen LogP contribution in [0.2, 0.25) is 0 Å². The van der Waals surface area contributed by atoms with Crippen LogP contribution in [0.15, 0.2) is 47.3 Å². The van der Waals surface area contributed by atoms with Crippen molar-refractivity contribution in [3.8, 4) is 5.75 Å². The van der Waals surface area contributed by atoms with Crippen molar-refractivity contribution in [2.24, 2.45) is 0 Å². The molecule has 3 aromatic rings. The average molecular weight is 457 g/mol. The Kier molecular flexibility index (Phi) is 9.94. The number of aryl methyl sites for hydroxylation is 1. The Hall–Kier alpha value is -2.48. The molecule has 0 unspecified atom stereocenters. The number of benzene rings is 2. The molecule has 6 nitrogen and oxygen atoms in total. The number of aromatic amines is 1. The predicted molar refractivity (Wildman–Crippen MR) is 130 cm³/mol. The summed E-state index contributed by atoms with van der Waals surface area (Å²) in [7, 11) is 0. The molecule has 0 radical (unpaired) electrons. The largest absolute Gasteiger partial charge is 0.506 e. The molecule has 32 heavy (non-hydrogen) atoms. The maximum Gasteiger partial charge on any atom is 0.305 e. The average Bonchev–Trinajstić information content (AvgIpc) is 3.20. The van der Waals surface area contributed by atoms with Crippen molar-refractivity contribution >= 4 is 27.3 Å². The number of rotatable bonds is 15. The number of thiazole rings is 1. The fourth-order valence-corrected chi connectivity index (χ4v) is 4.51. The van der Waals surface area contributed by atoms with Gasteiger partial charge in [-0.25, -0.2) is 0 Å². The second-order valence-corrected chi connectivity index (χ2v) is 8.90. The number of ether oxygens (including phenoxy) is 1. The van der Waals surface area contributed by atoms with Crippen molar-refractivity contribution < 1.29 is 14.6 Å². The van der Waals surface area contributed by atoms with Gasteiger partial charge in [-0.15, -0.1) is 0 Å². The van der Waals surface area contributed by atoms with E-state index in [-0.39, 0.29) is 23.0 Å². The summed E-state index contributed by atoms with van der Waals surface area (Å²) >= 11 is 0.949. The van der Waals surface area contributed by atoms with E-state index in [2.05, 4.69) is 34.6 Å². The molecule has 7 heteroatoms. The number of carbonyl (C=O) groups excluding carboxylic acids is 1. The van der Waals surface area contributed by atoms with Gasteiger partial charge in [0.25, 0.3) is 0 Å². The first-order valence-corrected chi connectivity index (χ1v) is 12.2. The molecule has 0 saturated heterocycles. The van der Waals surface area contributed by atoms with E-state index in [0.29, 0.717) is 15.8 Å². The molecule has 0 saturated carbocycles. The molecule has 2 aromatic carbocycles. The van der Waals surface area contributed by atoms with Gasteiger partial charge in [0, 0.05) is 18.8 Å². The molecule has 3 N–H and O–H groups in total.